The minimum Gasteiger partial charge on any atom is -0.363 e. The third kappa shape index (κ3) is 2.01. The molecule has 2 nitrogen and oxygen atoms in total. The molecule has 1 aromatic rings. The number of hydrogen-bond donors (Lipinski definition) is 0. The first kappa shape index (κ1) is 10.2. The first-order valence-electron chi connectivity index (χ1n) is 4.81. The molecular formula is C10H12BrNOS. The van der Waals surface area contributed by atoms with Gasteiger partial charge in [-0.1, -0.05) is 0 Å². The van der Waals surface area contributed by atoms with E-state index in [0.29, 0.717) is 0 Å². The number of halogens is 1. The Balaban J connectivity index is 2.18. The van der Waals surface area contributed by atoms with Crippen LogP contribution < -0.4 is 4.90 Å². The van der Waals surface area contributed by atoms with Gasteiger partial charge in [0.25, 0.3) is 0 Å². The Hall–Kier alpha value is -0.350. The number of hydrogen-bond acceptors (Lipinski definition) is 3. The minimum absolute atomic E-state index is 0.797. The molecule has 0 unspecified atom stereocenters. The Kier molecular flexibility index (Phi) is 3.23. The van der Waals surface area contributed by atoms with Gasteiger partial charge in [-0.2, -0.15) is 0 Å². The summed E-state index contributed by atoms with van der Waals surface area (Å²) in [4.78, 5) is 13.8. The van der Waals surface area contributed by atoms with Gasteiger partial charge in [-0.05, 0) is 41.3 Å². The molecule has 2 rings (SSSR count). The van der Waals surface area contributed by atoms with Crippen molar-refractivity contribution in [1.29, 1.82) is 0 Å². The fourth-order valence-corrected chi connectivity index (χ4v) is 3.34. The Bertz CT molecular complexity index is 331. The van der Waals surface area contributed by atoms with Crippen LogP contribution in [0.2, 0.25) is 0 Å². The molecule has 1 aliphatic heterocycles. The van der Waals surface area contributed by atoms with E-state index in [1.165, 1.54) is 24.3 Å². The van der Waals surface area contributed by atoms with Crippen LogP contribution in [0.3, 0.4) is 0 Å². The molecule has 0 aliphatic carbocycles. The number of rotatable bonds is 2. The van der Waals surface area contributed by atoms with Crippen LogP contribution >= 0.6 is 27.3 Å². The van der Waals surface area contributed by atoms with Crippen molar-refractivity contribution in [3.05, 3.63) is 15.4 Å². The molecule has 4 heteroatoms. The number of anilines is 1. The first-order valence-corrected chi connectivity index (χ1v) is 6.41. The first-order chi connectivity index (χ1) is 6.81. The topological polar surface area (TPSA) is 20.3 Å². The molecule has 1 fully saturated rings. The Morgan fingerprint density at radius 3 is 2.64 bits per heavy atom. The van der Waals surface area contributed by atoms with Crippen LogP contribution in [-0.4, -0.2) is 19.4 Å². The van der Waals surface area contributed by atoms with E-state index in [1.807, 2.05) is 0 Å². The van der Waals surface area contributed by atoms with Gasteiger partial charge in [0.1, 0.15) is 0 Å². The summed E-state index contributed by atoms with van der Waals surface area (Å²) in [6.45, 7) is 2.26. The largest absolute Gasteiger partial charge is 0.363 e. The van der Waals surface area contributed by atoms with Crippen molar-refractivity contribution in [2.45, 2.75) is 19.3 Å². The monoisotopic (exact) mass is 273 g/mol. The lowest BCUT2D eigenvalue weighted by Gasteiger charge is -2.26. The van der Waals surface area contributed by atoms with Gasteiger partial charge in [0.2, 0.25) is 0 Å². The highest BCUT2D eigenvalue weighted by molar-refractivity contribution is 9.10. The van der Waals surface area contributed by atoms with Gasteiger partial charge < -0.3 is 4.90 Å². The lowest BCUT2D eigenvalue weighted by Crippen LogP contribution is -2.28. The molecule has 1 aliphatic rings. The molecule has 0 bridgehead atoms. The highest BCUT2D eigenvalue weighted by atomic mass is 79.9. The van der Waals surface area contributed by atoms with E-state index in [4.69, 9.17) is 0 Å². The second-order valence-electron chi connectivity index (χ2n) is 3.46. The summed E-state index contributed by atoms with van der Waals surface area (Å²) in [5, 5.41) is 1.22. The second-order valence-corrected chi connectivity index (χ2v) is 5.38. The Morgan fingerprint density at radius 2 is 2.07 bits per heavy atom. The Labute approximate surface area is 96.0 Å². The molecule has 0 N–H and O–H groups in total. The predicted molar refractivity (Wildman–Crippen MR) is 63.5 cm³/mol. The molecule has 0 amide bonds. The molecule has 0 saturated carbocycles. The number of thiophene rings is 1. The maximum atomic E-state index is 10.7. The van der Waals surface area contributed by atoms with E-state index >= 15 is 0 Å². The second kappa shape index (κ2) is 4.45. The number of nitrogens with zero attached hydrogens (tertiary/aromatic N) is 1. The summed E-state index contributed by atoms with van der Waals surface area (Å²) in [6.07, 6.45) is 4.80. The summed E-state index contributed by atoms with van der Waals surface area (Å²) in [7, 11) is 0. The normalized spacial score (nSPS) is 17.1. The Morgan fingerprint density at radius 1 is 1.36 bits per heavy atom. The van der Waals surface area contributed by atoms with E-state index in [-0.39, 0.29) is 0 Å². The fourth-order valence-electron chi connectivity index (χ4n) is 1.72. The zero-order valence-corrected chi connectivity index (χ0v) is 10.2. The average Bonchev–Trinajstić information content (AvgIpc) is 2.61. The molecule has 0 radical (unpaired) electrons. The van der Waals surface area contributed by atoms with Gasteiger partial charge >= 0.3 is 0 Å². The van der Waals surface area contributed by atoms with Gasteiger partial charge in [0, 0.05) is 17.6 Å². The zero-order valence-electron chi connectivity index (χ0n) is 7.83. The molecule has 0 spiro atoms. The molecule has 14 heavy (non-hydrogen) atoms. The predicted octanol–water partition coefficient (Wildman–Crippen LogP) is 3.31. The van der Waals surface area contributed by atoms with Gasteiger partial charge in [0.05, 0.1) is 9.88 Å². The summed E-state index contributed by atoms with van der Waals surface area (Å²) >= 11 is 4.97. The van der Waals surface area contributed by atoms with Crippen LogP contribution in [0.1, 0.15) is 28.9 Å². The third-order valence-corrected chi connectivity index (χ3v) is 4.51. The molecular weight excluding hydrogens is 262 g/mol. The van der Waals surface area contributed by atoms with Crippen molar-refractivity contribution in [2.75, 3.05) is 18.0 Å². The lowest BCUT2D eigenvalue weighted by molar-refractivity contribution is 0.112. The highest BCUT2D eigenvalue weighted by Crippen LogP contribution is 2.33. The number of aldehydes is 1. The fraction of sp³-hybridized carbons (Fsp3) is 0.500. The maximum absolute atomic E-state index is 10.7. The van der Waals surface area contributed by atoms with Gasteiger partial charge in [-0.25, -0.2) is 0 Å². The molecule has 0 aromatic carbocycles. The van der Waals surface area contributed by atoms with Crippen LogP contribution in [0.4, 0.5) is 5.00 Å². The zero-order chi connectivity index (χ0) is 9.97. The van der Waals surface area contributed by atoms with Crippen LogP contribution in [0.25, 0.3) is 0 Å². The quantitative estimate of drug-likeness (QED) is 0.771. The summed E-state index contributed by atoms with van der Waals surface area (Å²) in [5.41, 5.74) is 0. The molecule has 1 aromatic heterocycles. The maximum Gasteiger partial charge on any atom is 0.161 e. The van der Waals surface area contributed by atoms with Crippen molar-refractivity contribution >= 4 is 38.6 Å². The van der Waals surface area contributed by atoms with Gasteiger partial charge in [-0.15, -0.1) is 11.3 Å². The summed E-state index contributed by atoms with van der Waals surface area (Å²) in [5.74, 6) is 0. The average molecular weight is 274 g/mol. The van der Waals surface area contributed by atoms with Crippen LogP contribution in [0.15, 0.2) is 10.5 Å². The third-order valence-electron chi connectivity index (χ3n) is 2.47. The number of carbonyl (C=O) groups excluding carboxylic acids is 1. The standard InChI is InChI=1S/C10H12BrNOS/c11-8-6-10(14-9(8)7-13)12-4-2-1-3-5-12/h6-7H,1-5H2. The molecule has 0 atom stereocenters. The van der Waals surface area contributed by atoms with E-state index in [2.05, 4.69) is 26.9 Å². The SMILES string of the molecule is O=Cc1sc(N2CCCCC2)cc1Br. The molecule has 1 saturated heterocycles. The van der Waals surface area contributed by atoms with Crippen molar-refractivity contribution in [3.63, 3.8) is 0 Å². The molecule has 2 heterocycles. The van der Waals surface area contributed by atoms with Crippen molar-refractivity contribution in [1.82, 2.24) is 0 Å². The number of piperidine rings is 1. The smallest absolute Gasteiger partial charge is 0.161 e. The van der Waals surface area contributed by atoms with Crippen LogP contribution in [0.5, 0.6) is 0 Å². The molecule has 76 valence electrons. The van der Waals surface area contributed by atoms with Crippen molar-refractivity contribution < 1.29 is 4.79 Å². The minimum atomic E-state index is 0.797. The van der Waals surface area contributed by atoms with E-state index in [1.54, 1.807) is 11.3 Å². The summed E-state index contributed by atoms with van der Waals surface area (Å²) in [6, 6.07) is 2.06. The van der Waals surface area contributed by atoms with E-state index < -0.39 is 0 Å². The van der Waals surface area contributed by atoms with Crippen LogP contribution in [-0.2, 0) is 0 Å². The van der Waals surface area contributed by atoms with Gasteiger partial charge in [-0.3, -0.25) is 4.79 Å². The van der Waals surface area contributed by atoms with Crippen LogP contribution in [0, 0.1) is 0 Å². The van der Waals surface area contributed by atoms with Crippen molar-refractivity contribution in [3.8, 4) is 0 Å². The number of carbonyl (C=O) groups is 1. The lowest BCUT2D eigenvalue weighted by atomic mass is 10.1. The van der Waals surface area contributed by atoms with Gasteiger partial charge in [0.15, 0.2) is 6.29 Å². The van der Waals surface area contributed by atoms with E-state index in [0.717, 1.165) is 28.7 Å². The summed E-state index contributed by atoms with van der Waals surface area (Å²) < 4.78 is 0.929. The highest BCUT2D eigenvalue weighted by Gasteiger charge is 2.14. The van der Waals surface area contributed by atoms with Crippen molar-refractivity contribution in [2.24, 2.45) is 0 Å². The van der Waals surface area contributed by atoms with E-state index in [9.17, 15) is 4.79 Å².